The second kappa shape index (κ2) is 8.99. The number of carbonyl (C=O) groups excluding carboxylic acids is 1. The molecule has 1 unspecified atom stereocenters. The topological polar surface area (TPSA) is 61.8 Å². The molecule has 0 bridgehead atoms. The van der Waals surface area contributed by atoms with Crippen molar-refractivity contribution in [1.29, 1.82) is 0 Å². The van der Waals surface area contributed by atoms with Crippen LogP contribution in [0, 0.1) is 29.1 Å². The van der Waals surface area contributed by atoms with Crippen molar-refractivity contribution in [3.05, 3.63) is 63.8 Å². The van der Waals surface area contributed by atoms with Crippen molar-refractivity contribution in [2.45, 2.75) is 13.1 Å². The molecule has 1 aromatic heterocycles. The van der Waals surface area contributed by atoms with Crippen molar-refractivity contribution in [1.82, 2.24) is 0 Å². The van der Waals surface area contributed by atoms with E-state index in [-0.39, 0.29) is 11.5 Å². The number of hydrogen-bond donors (Lipinski definition) is 0. The van der Waals surface area contributed by atoms with Crippen molar-refractivity contribution in [3.63, 3.8) is 0 Å². The number of benzene rings is 2. The fraction of sp³-hybridized carbons (Fsp3) is 0.167. The van der Waals surface area contributed by atoms with Gasteiger partial charge in [0.25, 0.3) is 0 Å². The predicted molar refractivity (Wildman–Crippen MR) is 98.1 cm³/mol. The van der Waals surface area contributed by atoms with Crippen LogP contribution in [0.4, 0.5) is 26.5 Å². The summed E-state index contributed by atoms with van der Waals surface area (Å²) < 4.78 is 105. The molecule has 0 radical (unpaired) electrons. The van der Waals surface area contributed by atoms with Gasteiger partial charge < -0.3 is 9.26 Å². The average Bonchev–Trinajstić information content (AvgIpc) is 3.17. The summed E-state index contributed by atoms with van der Waals surface area (Å²) in [7, 11) is -4.02. The minimum Gasteiger partial charge on any atom is -0.416 e. The molecule has 0 N–H and O–H groups in total. The fourth-order valence-electron chi connectivity index (χ4n) is 2.62. The average molecular weight is 484 g/mol. The fourth-order valence-corrected chi connectivity index (χ4v) is 4.76. The van der Waals surface area contributed by atoms with Gasteiger partial charge in [0.2, 0.25) is 34.8 Å². The van der Waals surface area contributed by atoms with E-state index in [0.717, 1.165) is 11.3 Å². The van der Waals surface area contributed by atoms with Gasteiger partial charge in [0.05, 0.1) is 12.8 Å². The maximum atomic E-state index is 13.7. The Morgan fingerprint density at radius 1 is 1.00 bits per heavy atom. The molecule has 166 valence electrons. The van der Waals surface area contributed by atoms with Crippen LogP contribution in [-0.4, -0.2) is 12.6 Å². The summed E-state index contributed by atoms with van der Waals surface area (Å²) in [5.41, 5.74) is 0.333. The number of thiophene rings is 1. The summed E-state index contributed by atoms with van der Waals surface area (Å²) >= 11 is 0.804. The van der Waals surface area contributed by atoms with Gasteiger partial charge >= 0.3 is 13.6 Å². The molecule has 0 aliphatic rings. The Bertz CT molecular complexity index is 1180. The van der Waals surface area contributed by atoms with Crippen molar-refractivity contribution < 1.29 is 49.8 Å². The summed E-state index contributed by atoms with van der Waals surface area (Å²) in [4.78, 5) is 12.0. The number of ether oxygens (including phenoxy) is 1. The number of carbonyl (C=O) groups is 1. The van der Waals surface area contributed by atoms with Gasteiger partial charge in [0.15, 0.2) is 0 Å². The molecule has 31 heavy (non-hydrogen) atoms. The van der Waals surface area contributed by atoms with E-state index in [1.807, 2.05) is 0 Å². The molecule has 2 aromatic carbocycles. The van der Waals surface area contributed by atoms with Gasteiger partial charge in [-0.25, -0.2) is 18.0 Å². The van der Waals surface area contributed by atoms with Crippen LogP contribution in [0.2, 0.25) is 0 Å². The van der Waals surface area contributed by atoms with Gasteiger partial charge in [-0.05, 0) is 40.6 Å². The number of halogens is 6. The van der Waals surface area contributed by atoms with Crippen molar-refractivity contribution in [2.24, 2.45) is 0 Å². The molecule has 0 saturated carbocycles. The van der Waals surface area contributed by atoms with E-state index >= 15 is 0 Å². The highest BCUT2D eigenvalue weighted by atomic mass is 32.1. The predicted octanol–water partition coefficient (Wildman–Crippen LogP) is 6.45. The second-order valence-electron chi connectivity index (χ2n) is 6.03. The minimum atomic E-state index is -4.02. The van der Waals surface area contributed by atoms with Crippen LogP contribution in [0.25, 0.3) is 10.1 Å². The van der Waals surface area contributed by atoms with E-state index in [9.17, 15) is 35.8 Å². The Morgan fingerprint density at radius 3 is 2.19 bits per heavy atom. The zero-order valence-corrected chi connectivity index (χ0v) is 17.1. The lowest BCUT2D eigenvalue weighted by Crippen LogP contribution is -2.12. The third-order valence-corrected chi connectivity index (χ3v) is 6.66. The molecule has 5 nitrogen and oxygen atoms in total. The van der Waals surface area contributed by atoms with E-state index in [1.165, 1.54) is 31.2 Å². The molecule has 1 heterocycles. The molecule has 0 aliphatic carbocycles. The summed E-state index contributed by atoms with van der Waals surface area (Å²) in [6.07, 6.45) is -0.409. The number of rotatable bonds is 7. The number of hydrogen-bond acceptors (Lipinski definition) is 6. The zero-order chi connectivity index (χ0) is 22.9. The molecule has 1 atom stereocenters. The molecule has 3 aromatic rings. The van der Waals surface area contributed by atoms with Crippen LogP contribution >= 0.6 is 18.9 Å². The normalized spacial score (nSPS) is 13.4. The zero-order valence-electron chi connectivity index (χ0n) is 15.4. The van der Waals surface area contributed by atoms with Gasteiger partial charge in [-0.1, -0.05) is 6.07 Å². The van der Waals surface area contributed by atoms with Gasteiger partial charge in [-0.2, -0.15) is 8.78 Å². The van der Waals surface area contributed by atoms with E-state index < -0.39 is 54.6 Å². The third-order valence-electron chi connectivity index (χ3n) is 3.95. The molecule has 0 aliphatic heterocycles. The number of fused-ring (bicyclic) bond motifs is 1. The van der Waals surface area contributed by atoms with Crippen molar-refractivity contribution >= 4 is 35.0 Å². The van der Waals surface area contributed by atoms with Gasteiger partial charge in [0.1, 0.15) is 4.88 Å². The molecular formula is C18H11F6O5PS. The smallest absolute Gasteiger partial charge is 0.367 e. The summed E-state index contributed by atoms with van der Waals surface area (Å²) in [6, 6.07) is 5.60. The Kier molecular flexibility index (Phi) is 6.75. The van der Waals surface area contributed by atoms with Crippen LogP contribution < -0.4 is 4.74 Å². The Labute approximate surface area is 174 Å². The molecule has 0 fully saturated rings. The lowest BCUT2D eigenvalue weighted by atomic mass is 10.2. The molecule has 0 amide bonds. The van der Waals surface area contributed by atoms with Gasteiger partial charge in [0, 0.05) is 4.70 Å². The maximum absolute atomic E-state index is 13.7. The summed E-state index contributed by atoms with van der Waals surface area (Å²) in [5, 5.41) is 0.383. The SMILES string of the molecule is CCOP(=O)(Cc1ccc2sc(C(=O)Oc3c(F)c(F)c(F)c(F)c3F)cc2c1)OF. The first-order valence-corrected chi connectivity index (χ1v) is 10.9. The molecule has 0 spiro atoms. The highest BCUT2D eigenvalue weighted by Crippen LogP contribution is 2.52. The lowest BCUT2D eigenvalue weighted by molar-refractivity contribution is -0.0262. The molecular weight excluding hydrogens is 473 g/mol. The monoisotopic (exact) mass is 484 g/mol. The molecule has 0 saturated heterocycles. The van der Waals surface area contributed by atoms with Crippen molar-refractivity contribution in [2.75, 3.05) is 6.61 Å². The Morgan fingerprint density at radius 2 is 1.61 bits per heavy atom. The van der Waals surface area contributed by atoms with Gasteiger partial charge in [-0.3, -0.25) is 4.57 Å². The van der Waals surface area contributed by atoms with Crippen LogP contribution in [0.15, 0.2) is 24.3 Å². The van der Waals surface area contributed by atoms with Crippen LogP contribution in [0.5, 0.6) is 5.75 Å². The largest absolute Gasteiger partial charge is 0.416 e. The van der Waals surface area contributed by atoms with E-state index in [1.54, 1.807) is 0 Å². The van der Waals surface area contributed by atoms with E-state index in [2.05, 4.69) is 9.47 Å². The molecule has 3 rings (SSSR count). The van der Waals surface area contributed by atoms with Crippen LogP contribution in [-0.2, 0) is 20.0 Å². The highest BCUT2D eigenvalue weighted by Gasteiger charge is 2.30. The Balaban J connectivity index is 1.89. The molecule has 13 heteroatoms. The van der Waals surface area contributed by atoms with Crippen molar-refractivity contribution in [3.8, 4) is 5.75 Å². The maximum Gasteiger partial charge on any atom is 0.367 e. The van der Waals surface area contributed by atoms with Gasteiger partial charge in [-0.15, -0.1) is 16.1 Å². The number of esters is 1. The second-order valence-corrected chi connectivity index (χ2v) is 9.05. The minimum absolute atomic E-state index is 0.0599. The van der Waals surface area contributed by atoms with Crippen LogP contribution in [0.1, 0.15) is 22.2 Å². The first-order chi connectivity index (χ1) is 14.6. The van der Waals surface area contributed by atoms with E-state index in [0.29, 0.717) is 15.6 Å². The first-order valence-electron chi connectivity index (χ1n) is 8.40. The highest BCUT2D eigenvalue weighted by molar-refractivity contribution is 7.52. The Hall–Kier alpha value is -2.40. The summed E-state index contributed by atoms with van der Waals surface area (Å²) in [6.45, 7) is 1.44. The summed E-state index contributed by atoms with van der Waals surface area (Å²) in [5.74, 6) is -14.5. The third kappa shape index (κ3) is 4.62. The lowest BCUT2D eigenvalue weighted by Gasteiger charge is -2.11. The standard InChI is InChI=1S/C18H11F6O5PS/c1-2-27-30(26,29-24)7-8-3-4-10-9(5-8)6-11(31-10)18(25)28-17-15(22)13(20)12(19)14(21)16(17)23/h3-6H,2,7H2,1H3. The first kappa shape index (κ1) is 23.3. The van der Waals surface area contributed by atoms with E-state index in [4.69, 9.17) is 4.52 Å². The van der Waals surface area contributed by atoms with Crippen LogP contribution in [0.3, 0.4) is 0 Å². The quantitative estimate of drug-likeness (QED) is 0.0964.